The smallest absolute Gasteiger partial charge is 0.233 e. The van der Waals surface area contributed by atoms with Crippen LogP contribution < -0.4 is 10.6 Å². The van der Waals surface area contributed by atoms with Crippen LogP contribution in [0, 0.1) is 0 Å². The van der Waals surface area contributed by atoms with Gasteiger partial charge in [0.2, 0.25) is 5.91 Å². The van der Waals surface area contributed by atoms with Crippen molar-refractivity contribution < 1.29 is 13.2 Å². The highest BCUT2D eigenvalue weighted by atomic mass is 32.2. The molecule has 0 aliphatic carbocycles. The van der Waals surface area contributed by atoms with E-state index in [1.165, 1.54) is 6.26 Å². The molecule has 2 N–H and O–H groups in total. The number of sulfone groups is 1. The summed E-state index contributed by atoms with van der Waals surface area (Å²) in [5.74, 6) is -0.0994. The number of nitrogens with one attached hydrogen (secondary N) is 2. The molecule has 0 aromatic heterocycles. The summed E-state index contributed by atoms with van der Waals surface area (Å²) in [6, 6.07) is 16.2. The Balaban J connectivity index is 2.34. The van der Waals surface area contributed by atoms with E-state index in [4.69, 9.17) is 0 Å². The van der Waals surface area contributed by atoms with Crippen molar-refractivity contribution in [1.82, 2.24) is 10.6 Å². The maximum absolute atomic E-state index is 11.8. The molecule has 0 heterocycles. The second kappa shape index (κ2) is 8.08. The highest BCUT2D eigenvalue weighted by Gasteiger charge is 2.17. The van der Waals surface area contributed by atoms with Gasteiger partial charge in [0.15, 0.2) is 9.84 Å². The van der Waals surface area contributed by atoms with Crippen LogP contribution in [0.25, 0.3) is 0 Å². The van der Waals surface area contributed by atoms with Crippen LogP contribution in [0.15, 0.2) is 59.5 Å². The predicted molar refractivity (Wildman–Crippen MR) is 94.5 cm³/mol. The van der Waals surface area contributed by atoms with Gasteiger partial charge in [-0.05, 0) is 30.2 Å². The lowest BCUT2D eigenvalue weighted by molar-refractivity contribution is -0.120. The van der Waals surface area contributed by atoms with Gasteiger partial charge >= 0.3 is 0 Å². The van der Waals surface area contributed by atoms with Crippen LogP contribution in [-0.2, 0) is 14.6 Å². The topological polar surface area (TPSA) is 75.3 Å². The summed E-state index contributed by atoms with van der Waals surface area (Å²) in [7, 11) is -3.29. The van der Waals surface area contributed by atoms with Crippen LogP contribution in [0.3, 0.4) is 0 Å². The normalized spacial score (nSPS) is 12.6. The van der Waals surface area contributed by atoms with Crippen molar-refractivity contribution in [2.45, 2.75) is 17.9 Å². The first-order valence-electron chi connectivity index (χ1n) is 7.77. The minimum Gasteiger partial charge on any atom is -0.355 e. The number of rotatable bonds is 7. The van der Waals surface area contributed by atoms with Crippen molar-refractivity contribution in [3.63, 3.8) is 0 Å². The highest BCUT2D eigenvalue weighted by Crippen LogP contribution is 2.24. The summed E-state index contributed by atoms with van der Waals surface area (Å²) in [5, 5.41) is 5.95. The van der Waals surface area contributed by atoms with Crippen LogP contribution in [0.1, 0.15) is 24.1 Å². The van der Waals surface area contributed by atoms with Crippen LogP contribution >= 0.6 is 0 Å². The van der Waals surface area contributed by atoms with Gasteiger partial charge in [0, 0.05) is 12.8 Å². The standard InChI is InChI=1S/C18H22N2O3S/c1-3-19-17(21)13-20-18(14-8-5-4-6-9-14)15-10-7-11-16(12-15)24(2,22)23/h4-12,18,20H,3,13H2,1-2H3,(H,19,21)/t18-/m0/s1. The summed E-state index contributed by atoms with van der Waals surface area (Å²) in [6.45, 7) is 2.58. The molecule has 0 aliphatic rings. The molecular weight excluding hydrogens is 324 g/mol. The molecule has 1 atom stereocenters. The monoisotopic (exact) mass is 346 g/mol. The van der Waals surface area contributed by atoms with Crippen molar-refractivity contribution in [1.29, 1.82) is 0 Å². The second-order valence-corrected chi connectivity index (χ2v) is 7.54. The average Bonchev–Trinajstić information content (AvgIpc) is 2.56. The molecule has 6 heteroatoms. The lowest BCUT2D eigenvalue weighted by Crippen LogP contribution is -2.36. The SMILES string of the molecule is CCNC(=O)CN[C@@H](c1ccccc1)c1cccc(S(C)(=O)=O)c1. The van der Waals surface area contributed by atoms with Crippen molar-refractivity contribution >= 4 is 15.7 Å². The van der Waals surface area contributed by atoms with Crippen molar-refractivity contribution in [3.05, 3.63) is 65.7 Å². The Hall–Kier alpha value is -2.18. The molecule has 2 aromatic carbocycles. The Labute approximate surface area is 143 Å². The first kappa shape index (κ1) is 18.2. The van der Waals surface area contributed by atoms with Gasteiger partial charge in [-0.25, -0.2) is 8.42 Å². The minimum absolute atomic E-state index is 0.0994. The van der Waals surface area contributed by atoms with Gasteiger partial charge in [-0.3, -0.25) is 10.1 Å². The lowest BCUT2D eigenvalue weighted by atomic mass is 9.99. The average molecular weight is 346 g/mol. The number of amides is 1. The Morgan fingerprint density at radius 2 is 1.71 bits per heavy atom. The molecule has 1 amide bonds. The van der Waals surface area contributed by atoms with E-state index in [9.17, 15) is 13.2 Å². The summed E-state index contributed by atoms with van der Waals surface area (Å²) >= 11 is 0. The van der Waals surface area contributed by atoms with Gasteiger partial charge in [-0.15, -0.1) is 0 Å². The first-order valence-corrected chi connectivity index (χ1v) is 9.66. The van der Waals surface area contributed by atoms with Gasteiger partial charge in [-0.1, -0.05) is 42.5 Å². The van der Waals surface area contributed by atoms with Gasteiger partial charge in [0.25, 0.3) is 0 Å². The molecule has 0 aliphatic heterocycles. The van der Waals surface area contributed by atoms with E-state index >= 15 is 0 Å². The van der Waals surface area contributed by atoms with Crippen LogP contribution in [0.2, 0.25) is 0 Å². The van der Waals surface area contributed by atoms with Crippen LogP contribution in [-0.4, -0.2) is 33.7 Å². The van der Waals surface area contributed by atoms with Gasteiger partial charge in [0.1, 0.15) is 0 Å². The fraction of sp³-hybridized carbons (Fsp3) is 0.278. The zero-order chi connectivity index (χ0) is 17.6. The summed E-state index contributed by atoms with van der Waals surface area (Å²) < 4.78 is 23.6. The first-order chi connectivity index (χ1) is 11.4. The molecule has 0 saturated heterocycles. The third-order valence-corrected chi connectivity index (χ3v) is 4.70. The predicted octanol–water partition coefficient (Wildman–Crippen LogP) is 1.91. The van der Waals surface area contributed by atoms with Crippen molar-refractivity contribution in [2.24, 2.45) is 0 Å². The number of likely N-dealkylation sites (N-methyl/N-ethyl adjacent to an activating group) is 1. The third kappa shape index (κ3) is 4.91. The molecule has 5 nitrogen and oxygen atoms in total. The minimum atomic E-state index is -3.29. The van der Waals surface area contributed by atoms with E-state index < -0.39 is 9.84 Å². The number of hydrogen-bond donors (Lipinski definition) is 2. The number of benzene rings is 2. The van der Waals surface area contributed by atoms with Crippen molar-refractivity contribution in [3.8, 4) is 0 Å². The molecule has 128 valence electrons. The number of carbonyl (C=O) groups is 1. The molecule has 0 spiro atoms. The molecule has 24 heavy (non-hydrogen) atoms. The van der Waals surface area contributed by atoms with E-state index in [1.54, 1.807) is 18.2 Å². The zero-order valence-corrected chi connectivity index (χ0v) is 14.6. The third-order valence-electron chi connectivity index (χ3n) is 3.59. The molecule has 0 fully saturated rings. The van der Waals surface area contributed by atoms with Gasteiger partial charge in [0.05, 0.1) is 17.5 Å². The summed E-state index contributed by atoms with van der Waals surface area (Å²) in [5.41, 5.74) is 1.76. The lowest BCUT2D eigenvalue weighted by Gasteiger charge is -2.20. The maximum atomic E-state index is 11.8. The molecule has 0 bridgehead atoms. The van der Waals surface area contributed by atoms with E-state index in [2.05, 4.69) is 10.6 Å². The largest absolute Gasteiger partial charge is 0.355 e. The molecule has 0 unspecified atom stereocenters. The zero-order valence-electron chi connectivity index (χ0n) is 13.8. The second-order valence-electron chi connectivity index (χ2n) is 5.52. The van der Waals surface area contributed by atoms with Crippen LogP contribution in [0.4, 0.5) is 0 Å². The quantitative estimate of drug-likeness (QED) is 0.803. The fourth-order valence-electron chi connectivity index (χ4n) is 2.45. The molecular formula is C18H22N2O3S. The van der Waals surface area contributed by atoms with Gasteiger partial charge in [-0.2, -0.15) is 0 Å². The molecule has 2 rings (SSSR count). The molecule has 2 aromatic rings. The number of carbonyl (C=O) groups excluding carboxylic acids is 1. The fourth-order valence-corrected chi connectivity index (χ4v) is 3.13. The Bertz CT molecular complexity index is 789. The number of hydrogen-bond acceptors (Lipinski definition) is 4. The van der Waals surface area contributed by atoms with E-state index in [1.807, 2.05) is 43.3 Å². The summed E-state index contributed by atoms with van der Waals surface area (Å²) in [6.07, 6.45) is 1.19. The molecule has 0 saturated carbocycles. The van der Waals surface area contributed by atoms with E-state index in [-0.39, 0.29) is 23.4 Å². The Morgan fingerprint density at radius 3 is 2.33 bits per heavy atom. The summed E-state index contributed by atoms with van der Waals surface area (Å²) in [4.78, 5) is 12.0. The van der Waals surface area contributed by atoms with E-state index in [0.717, 1.165) is 11.1 Å². The van der Waals surface area contributed by atoms with E-state index in [0.29, 0.717) is 6.54 Å². The highest BCUT2D eigenvalue weighted by molar-refractivity contribution is 7.90. The molecule has 0 radical (unpaired) electrons. The Morgan fingerprint density at radius 1 is 1.04 bits per heavy atom. The van der Waals surface area contributed by atoms with Crippen molar-refractivity contribution in [2.75, 3.05) is 19.3 Å². The van der Waals surface area contributed by atoms with Gasteiger partial charge < -0.3 is 5.32 Å². The van der Waals surface area contributed by atoms with Crippen LogP contribution in [0.5, 0.6) is 0 Å². The Kier molecular flexibility index (Phi) is 6.11. The maximum Gasteiger partial charge on any atom is 0.233 e.